The van der Waals surface area contributed by atoms with Gasteiger partial charge in [0.25, 0.3) is 0 Å². The number of halogens is 3. The summed E-state index contributed by atoms with van der Waals surface area (Å²) >= 11 is 0. The number of carbonyl (C=O) groups is 1. The van der Waals surface area contributed by atoms with E-state index >= 15 is 0 Å². The van der Waals surface area contributed by atoms with Gasteiger partial charge in [-0.25, -0.2) is 0 Å². The first-order valence-electron chi connectivity index (χ1n) is 5.66. The molecule has 3 nitrogen and oxygen atoms in total. The van der Waals surface area contributed by atoms with Gasteiger partial charge in [-0.05, 0) is 19.1 Å². The number of nitrogens with zero attached hydrogens (tertiary/aromatic N) is 2. The van der Waals surface area contributed by atoms with Crippen LogP contribution in [0.25, 0.3) is 0 Å². The molecule has 0 saturated heterocycles. The standard InChI is InChI=1S/C13H11F3N2O/c1-2-18-8-10(7-17-18)12(19)9-4-3-5-11(6-9)13(14,15)16/h3-8H,2H2,1H3. The van der Waals surface area contributed by atoms with E-state index < -0.39 is 17.5 Å². The third-order valence-electron chi connectivity index (χ3n) is 2.67. The maximum atomic E-state index is 12.6. The van der Waals surface area contributed by atoms with Gasteiger partial charge in [0.15, 0.2) is 5.78 Å². The molecule has 0 aliphatic carbocycles. The van der Waals surface area contributed by atoms with Gasteiger partial charge in [-0.15, -0.1) is 0 Å². The van der Waals surface area contributed by atoms with Crippen molar-refractivity contribution in [1.29, 1.82) is 0 Å². The minimum absolute atomic E-state index is 0.00507. The van der Waals surface area contributed by atoms with Crippen molar-refractivity contribution in [1.82, 2.24) is 9.78 Å². The average Bonchev–Trinajstić information content (AvgIpc) is 2.86. The van der Waals surface area contributed by atoms with E-state index in [1.54, 1.807) is 4.68 Å². The summed E-state index contributed by atoms with van der Waals surface area (Å²) in [6.07, 6.45) is -1.58. The molecule has 0 N–H and O–H groups in total. The van der Waals surface area contributed by atoms with E-state index in [9.17, 15) is 18.0 Å². The molecule has 0 aliphatic rings. The molecule has 0 spiro atoms. The molecule has 19 heavy (non-hydrogen) atoms. The van der Waals surface area contributed by atoms with Crippen molar-refractivity contribution < 1.29 is 18.0 Å². The van der Waals surface area contributed by atoms with Crippen LogP contribution in [0, 0.1) is 0 Å². The molecule has 0 amide bonds. The molecule has 0 fully saturated rings. The number of hydrogen-bond acceptors (Lipinski definition) is 2. The van der Waals surface area contributed by atoms with Gasteiger partial charge in [0.2, 0.25) is 0 Å². The van der Waals surface area contributed by atoms with Crippen molar-refractivity contribution in [3.63, 3.8) is 0 Å². The van der Waals surface area contributed by atoms with E-state index in [0.717, 1.165) is 12.1 Å². The minimum Gasteiger partial charge on any atom is -0.288 e. The van der Waals surface area contributed by atoms with Crippen LogP contribution in [-0.4, -0.2) is 15.6 Å². The molecular formula is C13H11F3N2O. The first-order chi connectivity index (χ1) is 8.91. The Morgan fingerprint density at radius 1 is 1.32 bits per heavy atom. The lowest BCUT2D eigenvalue weighted by molar-refractivity contribution is -0.137. The first kappa shape index (κ1) is 13.3. The molecule has 1 aromatic heterocycles. The third kappa shape index (κ3) is 2.83. The lowest BCUT2D eigenvalue weighted by Crippen LogP contribution is -2.07. The van der Waals surface area contributed by atoms with E-state index in [0.29, 0.717) is 6.54 Å². The van der Waals surface area contributed by atoms with Crippen molar-refractivity contribution in [2.75, 3.05) is 0 Å². The maximum absolute atomic E-state index is 12.6. The quantitative estimate of drug-likeness (QED) is 0.801. The smallest absolute Gasteiger partial charge is 0.288 e. The number of benzene rings is 1. The summed E-state index contributed by atoms with van der Waals surface area (Å²) in [4.78, 5) is 12.0. The molecule has 0 radical (unpaired) electrons. The van der Waals surface area contributed by atoms with E-state index in [1.807, 2.05) is 6.92 Å². The summed E-state index contributed by atoms with van der Waals surface area (Å²) in [6.45, 7) is 2.45. The number of aromatic nitrogens is 2. The van der Waals surface area contributed by atoms with Crippen LogP contribution in [0.5, 0.6) is 0 Å². The molecular weight excluding hydrogens is 257 g/mol. The fourth-order valence-corrected chi connectivity index (χ4v) is 1.66. The van der Waals surface area contributed by atoms with Gasteiger partial charge in [0, 0.05) is 18.3 Å². The number of ketones is 1. The van der Waals surface area contributed by atoms with E-state index in [1.165, 1.54) is 24.5 Å². The van der Waals surface area contributed by atoms with Gasteiger partial charge >= 0.3 is 6.18 Å². The largest absolute Gasteiger partial charge is 0.416 e. The van der Waals surface area contributed by atoms with E-state index in [2.05, 4.69) is 5.10 Å². The van der Waals surface area contributed by atoms with Crippen molar-refractivity contribution in [3.05, 3.63) is 53.3 Å². The first-order valence-corrected chi connectivity index (χ1v) is 5.66. The second kappa shape index (κ2) is 4.87. The Morgan fingerprint density at radius 2 is 2.05 bits per heavy atom. The van der Waals surface area contributed by atoms with Crippen LogP contribution in [0.1, 0.15) is 28.4 Å². The Morgan fingerprint density at radius 3 is 2.63 bits per heavy atom. The number of hydrogen-bond donors (Lipinski definition) is 0. The molecule has 0 saturated carbocycles. The van der Waals surface area contributed by atoms with Gasteiger partial charge in [-0.3, -0.25) is 9.48 Å². The van der Waals surface area contributed by atoms with Crippen molar-refractivity contribution >= 4 is 5.78 Å². The number of rotatable bonds is 3. The molecule has 0 unspecified atom stereocenters. The predicted molar refractivity (Wildman–Crippen MR) is 62.8 cm³/mol. The SMILES string of the molecule is CCn1cc(C(=O)c2cccc(C(F)(F)F)c2)cn1. The number of aryl methyl sites for hydroxylation is 1. The van der Waals surface area contributed by atoms with Gasteiger partial charge in [0.05, 0.1) is 17.3 Å². The van der Waals surface area contributed by atoms with Crippen LogP contribution in [0.2, 0.25) is 0 Å². The molecule has 0 bridgehead atoms. The monoisotopic (exact) mass is 268 g/mol. The van der Waals surface area contributed by atoms with Crippen LogP contribution in [0.15, 0.2) is 36.7 Å². The van der Waals surface area contributed by atoms with Gasteiger partial charge in [-0.2, -0.15) is 18.3 Å². The average molecular weight is 268 g/mol. The van der Waals surface area contributed by atoms with E-state index in [-0.39, 0.29) is 11.1 Å². The summed E-state index contributed by atoms with van der Waals surface area (Å²) in [5.74, 6) is -0.467. The molecule has 6 heteroatoms. The van der Waals surface area contributed by atoms with Crippen LogP contribution in [0.3, 0.4) is 0 Å². The van der Waals surface area contributed by atoms with Crippen LogP contribution < -0.4 is 0 Å². The van der Waals surface area contributed by atoms with Crippen molar-refractivity contribution in [3.8, 4) is 0 Å². The van der Waals surface area contributed by atoms with E-state index in [4.69, 9.17) is 0 Å². The molecule has 100 valence electrons. The highest BCUT2D eigenvalue weighted by atomic mass is 19.4. The molecule has 1 heterocycles. The molecule has 1 aromatic carbocycles. The summed E-state index contributed by atoms with van der Waals surface area (Å²) in [5, 5.41) is 3.93. The third-order valence-corrected chi connectivity index (χ3v) is 2.67. The fourth-order valence-electron chi connectivity index (χ4n) is 1.66. The second-order valence-electron chi connectivity index (χ2n) is 3.99. The zero-order valence-corrected chi connectivity index (χ0v) is 10.1. The highest BCUT2D eigenvalue weighted by Gasteiger charge is 2.31. The van der Waals surface area contributed by atoms with Gasteiger partial charge in [0.1, 0.15) is 0 Å². The van der Waals surface area contributed by atoms with Gasteiger partial charge in [-0.1, -0.05) is 12.1 Å². The highest BCUT2D eigenvalue weighted by molar-refractivity contribution is 6.08. The van der Waals surface area contributed by atoms with Crippen molar-refractivity contribution in [2.45, 2.75) is 19.6 Å². The summed E-state index contributed by atoms with van der Waals surface area (Å²) in [7, 11) is 0. The lowest BCUT2D eigenvalue weighted by Gasteiger charge is -2.07. The number of carbonyl (C=O) groups excluding carboxylic acids is 1. The van der Waals surface area contributed by atoms with Crippen molar-refractivity contribution in [2.24, 2.45) is 0 Å². The normalized spacial score (nSPS) is 11.6. The van der Waals surface area contributed by atoms with Crippen LogP contribution in [-0.2, 0) is 12.7 Å². The molecule has 0 atom stereocenters. The Balaban J connectivity index is 2.34. The maximum Gasteiger partial charge on any atom is 0.416 e. The van der Waals surface area contributed by atoms with Gasteiger partial charge < -0.3 is 0 Å². The fraction of sp³-hybridized carbons (Fsp3) is 0.231. The summed E-state index contributed by atoms with van der Waals surface area (Å²) in [6, 6.07) is 4.37. The zero-order chi connectivity index (χ0) is 14.0. The number of alkyl halides is 3. The Hall–Kier alpha value is -2.11. The van der Waals surface area contributed by atoms with Crippen LogP contribution in [0.4, 0.5) is 13.2 Å². The minimum atomic E-state index is -4.45. The zero-order valence-electron chi connectivity index (χ0n) is 10.1. The topological polar surface area (TPSA) is 34.9 Å². The molecule has 0 aliphatic heterocycles. The predicted octanol–water partition coefficient (Wildman–Crippen LogP) is 3.15. The summed E-state index contributed by atoms with van der Waals surface area (Å²) < 4.78 is 39.2. The summed E-state index contributed by atoms with van der Waals surface area (Å²) in [5.41, 5.74) is -0.548. The Bertz CT molecular complexity index is 602. The Labute approximate surface area is 107 Å². The molecule has 2 rings (SSSR count). The van der Waals surface area contributed by atoms with Crippen LogP contribution >= 0.6 is 0 Å². The lowest BCUT2D eigenvalue weighted by atomic mass is 10.0. The second-order valence-corrected chi connectivity index (χ2v) is 3.99. The molecule has 2 aromatic rings. The highest BCUT2D eigenvalue weighted by Crippen LogP contribution is 2.29. The Kier molecular flexibility index (Phi) is 3.42.